The molecule has 0 radical (unpaired) electrons. The first-order valence-electron chi connectivity index (χ1n) is 7.39. The second-order valence-electron chi connectivity index (χ2n) is 5.35. The molecular weight excluding hydrogens is 260 g/mol. The van der Waals surface area contributed by atoms with Crippen LogP contribution in [0.15, 0.2) is 54.2 Å². The van der Waals surface area contributed by atoms with Gasteiger partial charge in [-0.05, 0) is 43.2 Å². The fourth-order valence-electron chi connectivity index (χ4n) is 2.74. The van der Waals surface area contributed by atoms with Crippen molar-refractivity contribution in [2.45, 2.75) is 31.8 Å². The molecule has 4 heteroatoms. The number of anilines is 1. The molecule has 4 N–H and O–H groups in total. The summed E-state index contributed by atoms with van der Waals surface area (Å²) in [6.07, 6.45) is 7.24. The lowest BCUT2D eigenvalue weighted by Gasteiger charge is -2.25. The van der Waals surface area contributed by atoms with Crippen molar-refractivity contribution < 1.29 is 0 Å². The van der Waals surface area contributed by atoms with Gasteiger partial charge < -0.3 is 16.4 Å². The van der Waals surface area contributed by atoms with E-state index in [2.05, 4.69) is 35.5 Å². The Bertz CT molecular complexity index is 530. The van der Waals surface area contributed by atoms with Crippen LogP contribution in [0.4, 0.5) is 5.69 Å². The fraction of sp³-hybridized carbons (Fsp3) is 0.353. The highest BCUT2D eigenvalue weighted by Gasteiger charge is 2.28. The summed E-state index contributed by atoms with van der Waals surface area (Å²) in [6.45, 7) is 6.72. The molecule has 0 aliphatic carbocycles. The molecule has 0 amide bonds. The van der Waals surface area contributed by atoms with E-state index in [-0.39, 0.29) is 6.04 Å². The van der Waals surface area contributed by atoms with E-state index in [1.807, 2.05) is 12.1 Å². The summed E-state index contributed by atoms with van der Waals surface area (Å²) in [5.41, 5.74) is 14.1. The summed E-state index contributed by atoms with van der Waals surface area (Å²) in [5.74, 6) is 0.504. The SMILES string of the molecule is C=C/C=C\N=C(N)c1ccc(N2C[C@@H](N)C[C@H]2CC)cc1. The first-order valence-corrected chi connectivity index (χ1v) is 7.39. The van der Waals surface area contributed by atoms with Crippen LogP contribution in [0.3, 0.4) is 0 Å². The summed E-state index contributed by atoms with van der Waals surface area (Å²) in [5, 5.41) is 0. The zero-order valence-electron chi connectivity index (χ0n) is 12.6. The molecule has 1 aromatic carbocycles. The Balaban J connectivity index is 2.13. The maximum Gasteiger partial charge on any atom is 0.130 e. The van der Waals surface area contributed by atoms with Gasteiger partial charge >= 0.3 is 0 Å². The molecule has 1 aliphatic rings. The number of allylic oxidation sites excluding steroid dienone is 2. The third-order valence-corrected chi connectivity index (χ3v) is 3.85. The molecule has 0 saturated carbocycles. The van der Waals surface area contributed by atoms with Gasteiger partial charge in [-0.15, -0.1) is 0 Å². The quantitative estimate of drug-likeness (QED) is 0.495. The van der Waals surface area contributed by atoms with Crippen LogP contribution < -0.4 is 16.4 Å². The lowest BCUT2D eigenvalue weighted by molar-refractivity contribution is 0.624. The van der Waals surface area contributed by atoms with Crippen molar-refractivity contribution in [1.29, 1.82) is 0 Å². The zero-order chi connectivity index (χ0) is 15.2. The molecule has 1 aromatic rings. The number of nitrogens with zero attached hydrogens (tertiary/aromatic N) is 2. The van der Waals surface area contributed by atoms with E-state index >= 15 is 0 Å². The van der Waals surface area contributed by atoms with Gasteiger partial charge in [0.25, 0.3) is 0 Å². The Hall–Kier alpha value is -2.07. The van der Waals surface area contributed by atoms with E-state index in [0.29, 0.717) is 11.9 Å². The monoisotopic (exact) mass is 284 g/mol. The van der Waals surface area contributed by atoms with Gasteiger partial charge in [0.2, 0.25) is 0 Å². The topological polar surface area (TPSA) is 67.6 Å². The summed E-state index contributed by atoms with van der Waals surface area (Å²) in [7, 11) is 0. The van der Waals surface area contributed by atoms with Crippen molar-refractivity contribution in [2.24, 2.45) is 16.5 Å². The van der Waals surface area contributed by atoms with Crippen LogP contribution in [-0.2, 0) is 0 Å². The minimum Gasteiger partial charge on any atom is -0.383 e. The van der Waals surface area contributed by atoms with Gasteiger partial charge in [0.1, 0.15) is 5.84 Å². The van der Waals surface area contributed by atoms with Gasteiger partial charge in [-0.1, -0.05) is 19.6 Å². The molecular formula is C17H24N4. The van der Waals surface area contributed by atoms with Crippen LogP contribution in [0.25, 0.3) is 0 Å². The second-order valence-corrected chi connectivity index (χ2v) is 5.35. The third kappa shape index (κ3) is 3.73. The third-order valence-electron chi connectivity index (χ3n) is 3.85. The number of amidine groups is 1. The molecule has 1 saturated heterocycles. The first-order chi connectivity index (χ1) is 10.2. The molecule has 0 aromatic heterocycles. The molecule has 1 heterocycles. The van der Waals surface area contributed by atoms with E-state index in [0.717, 1.165) is 24.9 Å². The van der Waals surface area contributed by atoms with E-state index in [1.54, 1.807) is 18.4 Å². The number of rotatable bonds is 5. The highest BCUT2D eigenvalue weighted by molar-refractivity contribution is 5.98. The van der Waals surface area contributed by atoms with Gasteiger partial charge in [-0.25, -0.2) is 4.99 Å². The van der Waals surface area contributed by atoms with Crippen molar-refractivity contribution in [3.8, 4) is 0 Å². The van der Waals surface area contributed by atoms with Crippen molar-refractivity contribution in [2.75, 3.05) is 11.4 Å². The predicted octanol–water partition coefficient (Wildman–Crippen LogP) is 2.41. The zero-order valence-corrected chi connectivity index (χ0v) is 12.6. The molecule has 0 unspecified atom stereocenters. The fourth-order valence-corrected chi connectivity index (χ4v) is 2.74. The average molecular weight is 284 g/mol. The maximum atomic E-state index is 6.08. The van der Waals surface area contributed by atoms with Crippen LogP contribution in [0.5, 0.6) is 0 Å². The minimum absolute atomic E-state index is 0.269. The summed E-state index contributed by atoms with van der Waals surface area (Å²) >= 11 is 0. The molecule has 1 fully saturated rings. The van der Waals surface area contributed by atoms with Crippen LogP contribution in [0.1, 0.15) is 25.3 Å². The minimum atomic E-state index is 0.269. The largest absolute Gasteiger partial charge is 0.383 e. The molecule has 0 spiro atoms. The summed E-state index contributed by atoms with van der Waals surface area (Å²) in [4.78, 5) is 6.55. The van der Waals surface area contributed by atoms with Crippen LogP contribution in [0, 0.1) is 0 Å². The Labute approximate surface area is 126 Å². The van der Waals surface area contributed by atoms with E-state index in [1.165, 1.54) is 5.69 Å². The average Bonchev–Trinajstić information content (AvgIpc) is 2.88. The van der Waals surface area contributed by atoms with Crippen LogP contribution in [0.2, 0.25) is 0 Å². The number of benzene rings is 1. The highest BCUT2D eigenvalue weighted by Crippen LogP contribution is 2.26. The smallest absolute Gasteiger partial charge is 0.130 e. The van der Waals surface area contributed by atoms with Gasteiger partial charge in [0.05, 0.1) is 0 Å². The van der Waals surface area contributed by atoms with E-state index < -0.39 is 0 Å². The number of hydrogen-bond donors (Lipinski definition) is 2. The van der Waals surface area contributed by atoms with Crippen LogP contribution in [-0.4, -0.2) is 24.5 Å². The number of nitrogens with two attached hydrogens (primary N) is 2. The van der Waals surface area contributed by atoms with Crippen LogP contribution >= 0.6 is 0 Å². The molecule has 2 atom stereocenters. The molecule has 21 heavy (non-hydrogen) atoms. The van der Waals surface area contributed by atoms with Gasteiger partial charge in [0.15, 0.2) is 0 Å². The maximum absolute atomic E-state index is 6.08. The Morgan fingerprint density at radius 3 is 2.76 bits per heavy atom. The summed E-state index contributed by atoms with van der Waals surface area (Å²) in [6, 6.07) is 9.00. The van der Waals surface area contributed by atoms with Gasteiger partial charge in [0, 0.05) is 36.1 Å². The standard InChI is InChI=1S/C17H24N4/c1-3-5-10-20-17(19)13-6-8-16(9-7-13)21-12-14(18)11-15(21)4-2/h3,5-10,14-15H,1,4,11-12,18H2,2H3,(H2,19,20)/b10-5-/t14-,15+/m0/s1. The molecule has 112 valence electrons. The van der Waals surface area contributed by atoms with E-state index in [9.17, 15) is 0 Å². The Morgan fingerprint density at radius 1 is 1.43 bits per heavy atom. The Morgan fingerprint density at radius 2 is 2.14 bits per heavy atom. The van der Waals surface area contributed by atoms with Crippen molar-refractivity contribution in [1.82, 2.24) is 0 Å². The highest BCUT2D eigenvalue weighted by atomic mass is 15.2. The summed E-state index contributed by atoms with van der Waals surface area (Å²) < 4.78 is 0. The van der Waals surface area contributed by atoms with Gasteiger partial charge in [-0.3, -0.25) is 0 Å². The first kappa shape index (κ1) is 15.3. The second kappa shape index (κ2) is 7.09. The van der Waals surface area contributed by atoms with E-state index in [4.69, 9.17) is 11.5 Å². The van der Waals surface area contributed by atoms with Crippen molar-refractivity contribution >= 4 is 11.5 Å². The molecule has 2 rings (SSSR count). The van der Waals surface area contributed by atoms with Crippen molar-refractivity contribution in [3.05, 3.63) is 54.8 Å². The lowest BCUT2D eigenvalue weighted by atomic mass is 10.1. The van der Waals surface area contributed by atoms with Gasteiger partial charge in [-0.2, -0.15) is 0 Å². The number of aliphatic imine (C=N–C) groups is 1. The molecule has 4 nitrogen and oxygen atoms in total. The normalized spacial score (nSPS) is 23.0. The lowest BCUT2D eigenvalue weighted by Crippen LogP contribution is -2.30. The molecule has 0 bridgehead atoms. The number of hydrogen-bond acceptors (Lipinski definition) is 3. The predicted molar refractivity (Wildman–Crippen MR) is 90.5 cm³/mol. The molecule has 1 aliphatic heterocycles. The van der Waals surface area contributed by atoms with Crippen molar-refractivity contribution in [3.63, 3.8) is 0 Å². The Kier molecular flexibility index (Phi) is 5.17.